The zero-order valence-electron chi connectivity index (χ0n) is 16.8. The second kappa shape index (κ2) is 8.47. The van der Waals surface area contributed by atoms with Gasteiger partial charge in [0.15, 0.2) is 5.69 Å². The molecule has 4 rings (SSSR count). The predicted octanol–water partition coefficient (Wildman–Crippen LogP) is 4.02. The number of hydrogen-bond donors (Lipinski definition) is 0. The van der Waals surface area contributed by atoms with Gasteiger partial charge in [0.25, 0.3) is 11.8 Å². The number of nitrogens with zero attached hydrogens (tertiary/aromatic N) is 4. The first-order valence-corrected chi connectivity index (χ1v) is 10.3. The third-order valence-corrected chi connectivity index (χ3v) is 5.46. The number of amides is 2. The number of para-hydroxylation sites is 1. The molecule has 2 aromatic heterocycles. The van der Waals surface area contributed by atoms with Gasteiger partial charge in [-0.2, -0.15) is 0 Å². The highest BCUT2D eigenvalue weighted by molar-refractivity contribution is 6.07. The van der Waals surface area contributed by atoms with Crippen LogP contribution < -0.4 is 4.90 Å². The fraction of sp³-hybridized carbons (Fsp3) is 0.348. The van der Waals surface area contributed by atoms with Gasteiger partial charge in [-0.05, 0) is 44.0 Å². The molecule has 1 aliphatic rings. The molecule has 1 fully saturated rings. The molecule has 0 bridgehead atoms. The van der Waals surface area contributed by atoms with E-state index in [1.807, 2.05) is 60.4 Å². The van der Waals surface area contributed by atoms with E-state index in [1.54, 1.807) is 15.5 Å². The molecular weight excluding hydrogens is 364 g/mol. The molecule has 3 heterocycles. The lowest BCUT2D eigenvalue weighted by Gasteiger charge is -2.20. The van der Waals surface area contributed by atoms with Gasteiger partial charge in [-0.1, -0.05) is 37.1 Å². The molecule has 0 spiro atoms. The summed E-state index contributed by atoms with van der Waals surface area (Å²) in [5.74, 6) is -0.0308. The highest BCUT2D eigenvalue weighted by Gasteiger charge is 2.27. The molecule has 6 heteroatoms. The van der Waals surface area contributed by atoms with Crippen LogP contribution in [0.15, 0.2) is 54.7 Å². The standard InChI is InChI=1S/C23H26N4O2/c1-2-26(18-12-6-5-7-13-18)23(29)21-24-20(19-14-8-11-17-27(19)21)22(28)25-15-9-3-4-10-16-25/h5-8,11-14,17H,2-4,9-10,15-16H2,1H3. The van der Waals surface area contributed by atoms with Crippen molar-refractivity contribution in [2.24, 2.45) is 0 Å². The van der Waals surface area contributed by atoms with Crippen LogP contribution in [0.5, 0.6) is 0 Å². The van der Waals surface area contributed by atoms with Crippen LogP contribution in [-0.4, -0.2) is 45.7 Å². The molecular formula is C23H26N4O2. The van der Waals surface area contributed by atoms with Gasteiger partial charge in [-0.25, -0.2) is 4.98 Å². The molecule has 0 atom stereocenters. The van der Waals surface area contributed by atoms with Gasteiger partial charge in [0.05, 0.1) is 5.52 Å². The Bertz CT molecular complexity index is 1000. The van der Waals surface area contributed by atoms with Crippen LogP contribution in [0.4, 0.5) is 5.69 Å². The maximum Gasteiger partial charge on any atom is 0.294 e. The molecule has 3 aromatic rings. The van der Waals surface area contributed by atoms with E-state index in [-0.39, 0.29) is 17.6 Å². The molecule has 0 saturated carbocycles. The van der Waals surface area contributed by atoms with Crippen molar-refractivity contribution in [1.29, 1.82) is 0 Å². The second-order valence-electron chi connectivity index (χ2n) is 7.33. The van der Waals surface area contributed by atoms with Crippen LogP contribution in [0.2, 0.25) is 0 Å². The minimum absolute atomic E-state index is 0.0857. The van der Waals surface area contributed by atoms with E-state index in [2.05, 4.69) is 4.98 Å². The highest BCUT2D eigenvalue weighted by Crippen LogP contribution is 2.21. The zero-order valence-corrected chi connectivity index (χ0v) is 16.8. The minimum atomic E-state index is -0.213. The number of fused-ring (bicyclic) bond motifs is 1. The summed E-state index contributed by atoms with van der Waals surface area (Å²) < 4.78 is 1.74. The average Bonchev–Trinajstić information content (AvgIpc) is 2.94. The van der Waals surface area contributed by atoms with Crippen LogP contribution >= 0.6 is 0 Å². The Morgan fingerprint density at radius 1 is 0.966 bits per heavy atom. The van der Waals surface area contributed by atoms with Crippen molar-refractivity contribution >= 4 is 23.0 Å². The smallest absolute Gasteiger partial charge is 0.294 e. The number of pyridine rings is 1. The number of anilines is 1. The van der Waals surface area contributed by atoms with Crippen molar-refractivity contribution in [2.75, 3.05) is 24.5 Å². The topological polar surface area (TPSA) is 57.9 Å². The molecule has 1 aliphatic heterocycles. The van der Waals surface area contributed by atoms with Gasteiger partial charge < -0.3 is 9.80 Å². The van der Waals surface area contributed by atoms with Crippen molar-refractivity contribution in [3.63, 3.8) is 0 Å². The molecule has 2 amide bonds. The van der Waals surface area contributed by atoms with Crippen molar-refractivity contribution in [3.8, 4) is 0 Å². The van der Waals surface area contributed by atoms with Gasteiger partial charge in [0.2, 0.25) is 5.82 Å². The lowest BCUT2D eigenvalue weighted by atomic mass is 10.2. The summed E-state index contributed by atoms with van der Waals surface area (Å²) >= 11 is 0. The van der Waals surface area contributed by atoms with E-state index in [9.17, 15) is 9.59 Å². The first-order chi connectivity index (χ1) is 14.2. The maximum absolute atomic E-state index is 13.4. The Kier molecular flexibility index (Phi) is 5.60. The monoisotopic (exact) mass is 390 g/mol. The van der Waals surface area contributed by atoms with E-state index < -0.39 is 0 Å². The van der Waals surface area contributed by atoms with E-state index in [0.29, 0.717) is 17.8 Å². The van der Waals surface area contributed by atoms with E-state index in [4.69, 9.17) is 0 Å². The van der Waals surface area contributed by atoms with Gasteiger partial charge in [0, 0.05) is 31.5 Å². The van der Waals surface area contributed by atoms with Gasteiger partial charge >= 0.3 is 0 Å². The van der Waals surface area contributed by atoms with Crippen LogP contribution in [0.25, 0.3) is 5.52 Å². The van der Waals surface area contributed by atoms with Crippen LogP contribution in [-0.2, 0) is 0 Å². The molecule has 0 N–H and O–H groups in total. The summed E-state index contributed by atoms with van der Waals surface area (Å²) in [7, 11) is 0. The second-order valence-corrected chi connectivity index (χ2v) is 7.33. The normalized spacial score (nSPS) is 14.6. The Labute approximate surface area is 170 Å². The van der Waals surface area contributed by atoms with Crippen molar-refractivity contribution in [1.82, 2.24) is 14.3 Å². The molecule has 1 saturated heterocycles. The predicted molar refractivity (Wildman–Crippen MR) is 113 cm³/mol. The molecule has 0 unspecified atom stereocenters. The van der Waals surface area contributed by atoms with E-state index >= 15 is 0 Å². The first-order valence-electron chi connectivity index (χ1n) is 10.3. The summed E-state index contributed by atoms with van der Waals surface area (Å²) in [5, 5.41) is 0. The number of benzene rings is 1. The molecule has 1 aromatic carbocycles. The SMILES string of the molecule is CCN(C(=O)c1nc(C(=O)N2CCCCCC2)c2ccccn12)c1ccccc1. The number of rotatable bonds is 4. The van der Waals surface area contributed by atoms with Crippen LogP contribution in [0.3, 0.4) is 0 Å². The van der Waals surface area contributed by atoms with Crippen LogP contribution in [0, 0.1) is 0 Å². The maximum atomic E-state index is 13.4. The lowest BCUT2D eigenvalue weighted by Crippen LogP contribution is -2.33. The number of hydrogen-bond acceptors (Lipinski definition) is 3. The number of likely N-dealkylation sites (tertiary alicyclic amines) is 1. The average molecular weight is 390 g/mol. The van der Waals surface area contributed by atoms with E-state index in [1.165, 1.54) is 0 Å². The molecule has 0 aliphatic carbocycles. The van der Waals surface area contributed by atoms with Gasteiger partial charge in [-0.15, -0.1) is 0 Å². The summed E-state index contributed by atoms with van der Waals surface area (Å²) in [6, 6.07) is 15.1. The Hall–Kier alpha value is -3.15. The van der Waals surface area contributed by atoms with Gasteiger partial charge in [-0.3, -0.25) is 14.0 Å². The van der Waals surface area contributed by atoms with Crippen molar-refractivity contribution in [2.45, 2.75) is 32.6 Å². The summed E-state index contributed by atoms with van der Waals surface area (Å²) in [5.41, 5.74) is 1.85. The summed E-state index contributed by atoms with van der Waals surface area (Å²) in [6.07, 6.45) is 6.13. The largest absolute Gasteiger partial charge is 0.337 e. The zero-order chi connectivity index (χ0) is 20.2. The van der Waals surface area contributed by atoms with Crippen LogP contribution in [0.1, 0.15) is 53.7 Å². The third-order valence-electron chi connectivity index (χ3n) is 5.46. The first kappa shape index (κ1) is 19.2. The third kappa shape index (κ3) is 3.75. The number of aromatic nitrogens is 2. The number of imidazole rings is 1. The minimum Gasteiger partial charge on any atom is -0.337 e. The van der Waals surface area contributed by atoms with E-state index in [0.717, 1.165) is 44.5 Å². The lowest BCUT2D eigenvalue weighted by molar-refractivity contribution is 0.0758. The fourth-order valence-electron chi connectivity index (χ4n) is 3.94. The Morgan fingerprint density at radius 3 is 2.34 bits per heavy atom. The highest BCUT2D eigenvalue weighted by atomic mass is 16.2. The summed E-state index contributed by atoms with van der Waals surface area (Å²) in [6.45, 7) is 3.95. The molecule has 150 valence electrons. The Morgan fingerprint density at radius 2 is 1.66 bits per heavy atom. The van der Waals surface area contributed by atoms with Crippen molar-refractivity contribution < 1.29 is 9.59 Å². The number of carbonyl (C=O) groups is 2. The quantitative estimate of drug-likeness (QED) is 0.676. The Balaban J connectivity index is 1.74. The molecule has 6 nitrogen and oxygen atoms in total. The van der Waals surface area contributed by atoms with Crippen molar-refractivity contribution in [3.05, 3.63) is 66.2 Å². The molecule has 0 radical (unpaired) electrons. The fourth-order valence-corrected chi connectivity index (χ4v) is 3.94. The number of carbonyl (C=O) groups excluding carboxylic acids is 2. The van der Waals surface area contributed by atoms with Gasteiger partial charge in [0.1, 0.15) is 0 Å². The summed E-state index contributed by atoms with van der Waals surface area (Å²) in [4.78, 5) is 34.7. The molecule has 29 heavy (non-hydrogen) atoms.